The summed E-state index contributed by atoms with van der Waals surface area (Å²) in [4.78, 5) is 34.0. The van der Waals surface area contributed by atoms with E-state index in [1.54, 1.807) is 4.90 Å². The van der Waals surface area contributed by atoms with Crippen LogP contribution in [0, 0.1) is 0 Å². The maximum Gasteiger partial charge on any atom is 0.274 e. The van der Waals surface area contributed by atoms with Crippen LogP contribution in [0.15, 0.2) is 58.2 Å². The van der Waals surface area contributed by atoms with Gasteiger partial charge in [-0.1, -0.05) is 41.6 Å². The maximum atomic E-state index is 13.0. The molecule has 0 spiro atoms. The lowest BCUT2D eigenvalue weighted by molar-refractivity contribution is -0.142. The minimum absolute atomic E-state index is 0.107. The van der Waals surface area contributed by atoms with Gasteiger partial charge in [0.2, 0.25) is 24.4 Å². The molecule has 0 unspecified atom stereocenters. The number of nitrogens with zero attached hydrogens (tertiary/aromatic N) is 6. The molecule has 4 heterocycles. The number of carbonyl (C=O) groups is 2. The molecule has 11 nitrogen and oxygen atoms in total. The van der Waals surface area contributed by atoms with Crippen LogP contribution in [0.4, 0.5) is 0 Å². The van der Waals surface area contributed by atoms with Gasteiger partial charge in [0.15, 0.2) is 11.5 Å². The summed E-state index contributed by atoms with van der Waals surface area (Å²) in [7, 11) is 0. The van der Waals surface area contributed by atoms with Crippen LogP contribution < -0.4 is 9.47 Å². The van der Waals surface area contributed by atoms with Crippen molar-refractivity contribution in [3.05, 3.63) is 60.0 Å². The second-order valence-corrected chi connectivity index (χ2v) is 9.13. The first-order valence-corrected chi connectivity index (χ1v) is 12.3. The van der Waals surface area contributed by atoms with E-state index in [1.807, 2.05) is 48.5 Å². The monoisotopic (exact) mass is 502 g/mol. The molecule has 6 rings (SSSR count). The molecule has 2 aromatic carbocycles. The van der Waals surface area contributed by atoms with E-state index in [9.17, 15) is 9.59 Å². The van der Waals surface area contributed by atoms with Gasteiger partial charge in [-0.15, -0.1) is 0 Å². The lowest BCUT2D eigenvalue weighted by Crippen LogP contribution is -2.51. The molecule has 0 aliphatic carbocycles. The van der Waals surface area contributed by atoms with Crippen LogP contribution in [0.25, 0.3) is 11.4 Å². The Morgan fingerprint density at radius 2 is 1.76 bits per heavy atom. The highest BCUT2D eigenvalue weighted by molar-refractivity contribution is 6.01. The van der Waals surface area contributed by atoms with Crippen molar-refractivity contribution in [1.82, 2.24) is 24.9 Å². The summed E-state index contributed by atoms with van der Waals surface area (Å²) in [5.74, 6) is 1.94. The summed E-state index contributed by atoms with van der Waals surface area (Å²) in [6.45, 7) is 3.59. The lowest BCUT2D eigenvalue weighted by Gasteiger charge is -2.35. The van der Waals surface area contributed by atoms with Crippen LogP contribution in [-0.4, -0.2) is 82.0 Å². The summed E-state index contributed by atoms with van der Waals surface area (Å²) in [6, 6.07) is 15.5. The Morgan fingerprint density at radius 3 is 2.59 bits per heavy atom. The minimum atomic E-state index is -0.193. The van der Waals surface area contributed by atoms with E-state index in [-0.39, 0.29) is 37.5 Å². The van der Waals surface area contributed by atoms with Crippen LogP contribution in [0.2, 0.25) is 0 Å². The first-order valence-electron chi connectivity index (χ1n) is 12.3. The van der Waals surface area contributed by atoms with Gasteiger partial charge >= 0.3 is 0 Å². The fourth-order valence-corrected chi connectivity index (χ4v) is 4.61. The fraction of sp³-hybridized carbons (Fsp3) is 0.346. The van der Waals surface area contributed by atoms with E-state index < -0.39 is 0 Å². The van der Waals surface area contributed by atoms with Gasteiger partial charge in [0.1, 0.15) is 12.3 Å². The summed E-state index contributed by atoms with van der Waals surface area (Å²) < 4.78 is 16.2. The molecule has 3 aromatic rings. The number of ether oxygens (including phenoxy) is 2. The molecule has 1 fully saturated rings. The van der Waals surface area contributed by atoms with E-state index in [1.165, 1.54) is 5.01 Å². The number of amides is 2. The number of piperazine rings is 1. The van der Waals surface area contributed by atoms with Crippen LogP contribution in [0.1, 0.15) is 24.3 Å². The molecule has 3 aliphatic heterocycles. The van der Waals surface area contributed by atoms with Gasteiger partial charge in [-0.2, -0.15) is 10.1 Å². The SMILES string of the molecule is O=C(CN1N=C(c2nc(-c3ccccc3)no2)CCC1=O)N1CCN(Cc2ccc3c(c2)OCO3)CC1. The second kappa shape index (κ2) is 10.0. The first-order chi connectivity index (χ1) is 18.1. The van der Waals surface area contributed by atoms with E-state index in [2.05, 4.69) is 20.1 Å². The third kappa shape index (κ3) is 5.03. The number of hydrogen-bond donors (Lipinski definition) is 0. The minimum Gasteiger partial charge on any atom is -0.454 e. The zero-order valence-electron chi connectivity index (χ0n) is 20.2. The van der Waals surface area contributed by atoms with Gasteiger partial charge in [0.25, 0.3) is 5.89 Å². The van der Waals surface area contributed by atoms with E-state index >= 15 is 0 Å². The standard InChI is InChI=1S/C26H26N6O5/c33-23-9-7-20(26-27-25(29-37-26)19-4-2-1-3-5-19)28-32(23)16-24(34)31-12-10-30(11-13-31)15-18-6-8-21-22(14-18)36-17-35-21/h1-6,8,14H,7,9-13,15-17H2. The first kappa shape index (κ1) is 23.2. The van der Waals surface area contributed by atoms with Crippen molar-refractivity contribution in [2.45, 2.75) is 19.4 Å². The Hall–Kier alpha value is -4.25. The van der Waals surface area contributed by atoms with Gasteiger partial charge in [0.05, 0.1) is 0 Å². The molecular weight excluding hydrogens is 476 g/mol. The van der Waals surface area contributed by atoms with Crippen molar-refractivity contribution in [3.8, 4) is 22.9 Å². The Kier molecular flexibility index (Phi) is 6.27. The number of carbonyl (C=O) groups excluding carboxylic acids is 2. The maximum absolute atomic E-state index is 13.0. The summed E-state index contributed by atoms with van der Waals surface area (Å²) in [6.07, 6.45) is 0.622. The van der Waals surface area contributed by atoms with Gasteiger partial charge in [-0.25, -0.2) is 5.01 Å². The van der Waals surface area contributed by atoms with Crippen LogP contribution in [-0.2, 0) is 16.1 Å². The van der Waals surface area contributed by atoms with Crippen LogP contribution >= 0.6 is 0 Å². The number of hydrazone groups is 1. The highest BCUT2D eigenvalue weighted by Crippen LogP contribution is 2.33. The predicted octanol–water partition coefficient (Wildman–Crippen LogP) is 2.14. The Morgan fingerprint density at radius 1 is 0.946 bits per heavy atom. The molecule has 37 heavy (non-hydrogen) atoms. The second-order valence-electron chi connectivity index (χ2n) is 9.13. The van der Waals surface area contributed by atoms with Crippen molar-refractivity contribution in [2.24, 2.45) is 5.10 Å². The summed E-state index contributed by atoms with van der Waals surface area (Å²) >= 11 is 0. The van der Waals surface area contributed by atoms with Crippen molar-refractivity contribution in [3.63, 3.8) is 0 Å². The Labute approximate surface area is 213 Å². The molecule has 0 radical (unpaired) electrons. The number of aromatic nitrogens is 2. The molecule has 3 aliphatic rings. The number of hydrogen-bond acceptors (Lipinski definition) is 9. The number of rotatable bonds is 6. The smallest absolute Gasteiger partial charge is 0.274 e. The molecule has 1 saturated heterocycles. The molecule has 190 valence electrons. The average molecular weight is 503 g/mol. The highest BCUT2D eigenvalue weighted by atomic mass is 16.7. The van der Waals surface area contributed by atoms with Gasteiger partial charge in [0, 0.05) is 51.1 Å². The van der Waals surface area contributed by atoms with Gasteiger partial charge in [-0.05, 0) is 17.7 Å². The van der Waals surface area contributed by atoms with Gasteiger partial charge < -0.3 is 18.9 Å². The van der Waals surface area contributed by atoms with Crippen molar-refractivity contribution < 1.29 is 23.6 Å². The zero-order valence-corrected chi connectivity index (χ0v) is 20.2. The highest BCUT2D eigenvalue weighted by Gasteiger charge is 2.29. The van der Waals surface area contributed by atoms with Crippen molar-refractivity contribution in [1.29, 1.82) is 0 Å². The average Bonchev–Trinajstić information content (AvgIpc) is 3.61. The topological polar surface area (TPSA) is 114 Å². The van der Waals surface area contributed by atoms with E-state index in [4.69, 9.17) is 14.0 Å². The lowest BCUT2D eigenvalue weighted by atomic mass is 10.1. The van der Waals surface area contributed by atoms with Crippen LogP contribution in [0.3, 0.4) is 0 Å². The van der Waals surface area contributed by atoms with Crippen molar-refractivity contribution >= 4 is 17.5 Å². The van der Waals surface area contributed by atoms with E-state index in [0.29, 0.717) is 31.0 Å². The van der Waals surface area contributed by atoms with Crippen LogP contribution in [0.5, 0.6) is 11.5 Å². The third-order valence-corrected chi connectivity index (χ3v) is 6.66. The molecule has 1 aromatic heterocycles. The summed E-state index contributed by atoms with van der Waals surface area (Å²) in [5, 5.41) is 9.66. The molecule has 0 bridgehead atoms. The Balaban J connectivity index is 1.05. The third-order valence-electron chi connectivity index (χ3n) is 6.66. The quantitative estimate of drug-likeness (QED) is 0.504. The van der Waals surface area contributed by atoms with Crippen molar-refractivity contribution in [2.75, 3.05) is 39.5 Å². The largest absolute Gasteiger partial charge is 0.454 e. The molecular formula is C26H26N6O5. The molecule has 0 atom stereocenters. The molecule has 0 saturated carbocycles. The molecule has 11 heteroatoms. The molecule has 2 amide bonds. The van der Waals surface area contributed by atoms with E-state index in [0.717, 1.165) is 42.3 Å². The number of fused-ring (bicyclic) bond motifs is 1. The van der Waals surface area contributed by atoms with Gasteiger partial charge in [-0.3, -0.25) is 14.5 Å². The predicted molar refractivity (Wildman–Crippen MR) is 132 cm³/mol. The summed E-state index contributed by atoms with van der Waals surface area (Å²) in [5.41, 5.74) is 2.48. The zero-order chi connectivity index (χ0) is 25.2. The Bertz CT molecular complexity index is 1330. The fourth-order valence-electron chi connectivity index (χ4n) is 4.61. The number of benzene rings is 2. The molecule has 0 N–H and O–H groups in total. The normalized spacial score (nSPS) is 17.7.